The van der Waals surface area contributed by atoms with Gasteiger partial charge in [-0.1, -0.05) is 0 Å². The van der Waals surface area contributed by atoms with Gasteiger partial charge in [-0.05, 0) is 6.92 Å². The number of nitrogens with one attached hydrogen (secondary N) is 2. The van der Waals surface area contributed by atoms with Gasteiger partial charge in [-0.25, -0.2) is 9.78 Å². The van der Waals surface area contributed by atoms with E-state index in [9.17, 15) is 9.59 Å². The monoisotopic (exact) mass is 287 g/mol. The molecule has 1 aliphatic rings. The number of hydrogen-bond acceptors (Lipinski definition) is 6. The van der Waals surface area contributed by atoms with E-state index < -0.39 is 5.97 Å². The summed E-state index contributed by atoms with van der Waals surface area (Å²) < 4.78 is 0. The molecule has 98 valence electrons. The third-order valence-corrected chi connectivity index (χ3v) is 4.57. The second-order valence-corrected chi connectivity index (χ2v) is 5.93. The topological polar surface area (TPSA) is 91.3 Å². The maximum atomic E-state index is 11.7. The summed E-state index contributed by atoms with van der Waals surface area (Å²) >= 11 is 2.78. The van der Waals surface area contributed by atoms with Crippen molar-refractivity contribution in [2.75, 3.05) is 11.6 Å². The van der Waals surface area contributed by atoms with Crippen LogP contribution in [-0.2, 0) is 11.3 Å². The summed E-state index contributed by atoms with van der Waals surface area (Å²) in [6.45, 7) is 1.93. The first-order valence-electron chi connectivity index (χ1n) is 5.36. The lowest BCUT2D eigenvalue weighted by molar-refractivity contribution is -0.122. The molecule has 3 N–H and O–H groups in total. The summed E-state index contributed by atoms with van der Waals surface area (Å²) in [5.74, 6) is 0.516. The Morgan fingerprint density at radius 2 is 2.39 bits per heavy atom. The summed E-state index contributed by atoms with van der Waals surface area (Å²) in [6, 6.07) is -0.157. The molecule has 0 spiro atoms. The van der Waals surface area contributed by atoms with Crippen LogP contribution in [-0.4, -0.2) is 39.6 Å². The molecule has 2 rings (SSSR count). The number of amides is 1. The van der Waals surface area contributed by atoms with Gasteiger partial charge in [0, 0.05) is 11.6 Å². The van der Waals surface area contributed by atoms with Crippen molar-refractivity contribution in [3.05, 3.63) is 15.6 Å². The number of carbonyl (C=O) groups excluding carboxylic acids is 1. The van der Waals surface area contributed by atoms with Gasteiger partial charge in [0.2, 0.25) is 5.91 Å². The van der Waals surface area contributed by atoms with Gasteiger partial charge in [-0.2, -0.15) is 0 Å². The Bertz CT molecular complexity index is 469. The molecule has 1 fully saturated rings. The standard InChI is InChI=1S/C10H13N3O3S2/c1-5-8(10(15)16)18-7(13-5)2-11-9(14)6-3-17-4-12-6/h6,12H,2-4H2,1H3,(H,11,14)(H,15,16). The van der Waals surface area contributed by atoms with Gasteiger partial charge in [-0.15, -0.1) is 23.1 Å². The highest BCUT2D eigenvalue weighted by atomic mass is 32.2. The van der Waals surface area contributed by atoms with Crippen LogP contribution in [0.3, 0.4) is 0 Å². The predicted molar refractivity (Wildman–Crippen MR) is 69.9 cm³/mol. The lowest BCUT2D eigenvalue weighted by Crippen LogP contribution is -2.41. The summed E-state index contributed by atoms with van der Waals surface area (Å²) in [5, 5.41) is 15.3. The maximum Gasteiger partial charge on any atom is 0.347 e. The molecule has 1 aromatic rings. The number of carboxylic acid groups (broad SMARTS) is 1. The van der Waals surface area contributed by atoms with Crippen LogP contribution in [0.2, 0.25) is 0 Å². The molecule has 1 amide bonds. The number of aryl methyl sites for hydroxylation is 1. The zero-order valence-corrected chi connectivity index (χ0v) is 11.4. The second kappa shape index (κ2) is 5.68. The van der Waals surface area contributed by atoms with Gasteiger partial charge >= 0.3 is 5.97 Å². The number of aromatic nitrogens is 1. The highest BCUT2D eigenvalue weighted by Gasteiger charge is 2.22. The van der Waals surface area contributed by atoms with E-state index in [0.717, 1.165) is 23.0 Å². The molecule has 18 heavy (non-hydrogen) atoms. The number of rotatable bonds is 4. The lowest BCUT2D eigenvalue weighted by Gasteiger charge is -2.08. The number of hydrogen-bond donors (Lipinski definition) is 3. The SMILES string of the molecule is Cc1nc(CNC(=O)C2CSCN2)sc1C(=O)O. The van der Waals surface area contributed by atoms with E-state index in [0.29, 0.717) is 10.7 Å². The highest BCUT2D eigenvalue weighted by molar-refractivity contribution is 7.99. The van der Waals surface area contributed by atoms with E-state index in [-0.39, 0.29) is 23.4 Å². The van der Waals surface area contributed by atoms with Gasteiger partial charge in [0.15, 0.2) is 0 Å². The predicted octanol–water partition coefficient (Wildman–Crippen LogP) is 0.428. The molecule has 0 bridgehead atoms. The fourth-order valence-electron chi connectivity index (χ4n) is 1.58. The average molecular weight is 287 g/mol. The number of carboxylic acids is 1. The quantitative estimate of drug-likeness (QED) is 0.744. The van der Waals surface area contributed by atoms with E-state index >= 15 is 0 Å². The lowest BCUT2D eigenvalue weighted by atomic mass is 10.3. The minimum absolute atomic E-state index is 0.0651. The maximum absolute atomic E-state index is 11.7. The van der Waals surface area contributed by atoms with E-state index in [1.165, 1.54) is 0 Å². The summed E-state index contributed by atoms with van der Waals surface area (Å²) in [6.07, 6.45) is 0. The molecule has 1 aliphatic heterocycles. The fraction of sp³-hybridized carbons (Fsp3) is 0.500. The van der Waals surface area contributed by atoms with Crippen molar-refractivity contribution in [3.8, 4) is 0 Å². The first kappa shape index (κ1) is 13.3. The fourth-order valence-corrected chi connectivity index (χ4v) is 3.36. The molecule has 6 nitrogen and oxygen atoms in total. The third kappa shape index (κ3) is 3.01. The van der Waals surface area contributed by atoms with Crippen LogP contribution in [0.25, 0.3) is 0 Å². The van der Waals surface area contributed by atoms with Crippen molar-refractivity contribution >= 4 is 35.0 Å². The third-order valence-electron chi connectivity index (χ3n) is 2.48. The average Bonchev–Trinajstić information content (AvgIpc) is 2.94. The molecule has 8 heteroatoms. The van der Waals surface area contributed by atoms with Crippen LogP contribution < -0.4 is 10.6 Å². The first-order valence-corrected chi connectivity index (χ1v) is 7.33. The molecule has 1 saturated heterocycles. The molecule has 1 aromatic heterocycles. The Morgan fingerprint density at radius 3 is 2.94 bits per heavy atom. The Hall–Kier alpha value is -1.12. The summed E-state index contributed by atoms with van der Waals surface area (Å²) in [7, 11) is 0. The minimum Gasteiger partial charge on any atom is -0.477 e. The summed E-state index contributed by atoms with van der Waals surface area (Å²) in [5.41, 5.74) is 0.492. The molecule has 1 unspecified atom stereocenters. The van der Waals surface area contributed by atoms with E-state index in [2.05, 4.69) is 15.6 Å². The van der Waals surface area contributed by atoms with Crippen molar-refractivity contribution < 1.29 is 14.7 Å². The Morgan fingerprint density at radius 1 is 1.61 bits per heavy atom. The zero-order valence-electron chi connectivity index (χ0n) is 9.73. The van der Waals surface area contributed by atoms with E-state index in [1.54, 1.807) is 18.7 Å². The Balaban J connectivity index is 1.91. The van der Waals surface area contributed by atoms with Crippen LogP contribution in [0.5, 0.6) is 0 Å². The largest absolute Gasteiger partial charge is 0.477 e. The van der Waals surface area contributed by atoms with E-state index in [1.807, 2.05) is 0 Å². The number of thiazole rings is 1. The Labute approximate surface area is 112 Å². The smallest absolute Gasteiger partial charge is 0.347 e. The van der Waals surface area contributed by atoms with Crippen molar-refractivity contribution in [2.24, 2.45) is 0 Å². The van der Waals surface area contributed by atoms with Crippen molar-refractivity contribution in [3.63, 3.8) is 0 Å². The molecule has 0 aromatic carbocycles. The van der Waals surface area contributed by atoms with Gasteiger partial charge in [0.25, 0.3) is 0 Å². The van der Waals surface area contributed by atoms with Crippen LogP contribution in [0.15, 0.2) is 0 Å². The normalized spacial score (nSPS) is 18.8. The molecule has 0 radical (unpaired) electrons. The second-order valence-electron chi connectivity index (χ2n) is 3.82. The molecule has 0 aliphatic carbocycles. The number of nitrogens with zero attached hydrogens (tertiary/aromatic N) is 1. The van der Waals surface area contributed by atoms with Gasteiger partial charge < -0.3 is 10.4 Å². The van der Waals surface area contributed by atoms with Gasteiger partial charge in [-0.3, -0.25) is 10.1 Å². The van der Waals surface area contributed by atoms with Crippen LogP contribution in [0.4, 0.5) is 0 Å². The number of aromatic carboxylic acids is 1. The summed E-state index contributed by atoms with van der Waals surface area (Å²) in [4.78, 5) is 26.9. The molecular weight excluding hydrogens is 274 g/mol. The van der Waals surface area contributed by atoms with Gasteiger partial charge in [0.05, 0.1) is 18.3 Å². The van der Waals surface area contributed by atoms with Crippen molar-refractivity contribution in [1.29, 1.82) is 0 Å². The molecular formula is C10H13N3O3S2. The van der Waals surface area contributed by atoms with Crippen molar-refractivity contribution in [1.82, 2.24) is 15.6 Å². The zero-order chi connectivity index (χ0) is 13.1. The Kier molecular flexibility index (Phi) is 4.20. The highest BCUT2D eigenvalue weighted by Crippen LogP contribution is 2.18. The molecule has 0 saturated carbocycles. The molecule has 2 heterocycles. The number of carbonyl (C=O) groups is 2. The minimum atomic E-state index is -0.976. The molecule has 1 atom stereocenters. The van der Waals surface area contributed by atoms with Crippen LogP contribution >= 0.6 is 23.1 Å². The number of thioether (sulfide) groups is 1. The first-order chi connectivity index (χ1) is 8.58. The van der Waals surface area contributed by atoms with E-state index in [4.69, 9.17) is 5.11 Å². The van der Waals surface area contributed by atoms with Gasteiger partial charge in [0.1, 0.15) is 9.88 Å². The van der Waals surface area contributed by atoms with Crippen molar-refractivity contribution in [2.45, 2.75) is 19.5 Å². The van der Waals surface area contributed by atoms with Crippen LogP contribution in [0, 0.1) is 6.92 Å². The van der Waals surface area contributed by atoms with Crippen LogP contribution in [0.1, 0.15) is 20.4 Å².